The molecule has 9 rings (SSSR count). The van der Waals surface area contributed by atoms with Crippen LogP contribution in [0.25, 0.3) is 0 Å². The van der Waals surface area contributed by atoms with Gasteiger partial charge in [0.15, 0.2) is 25.2 Å². The van der Waals surface area contributed by atoms with Gasteiger partial charge in [-0.3, -0.25) is 0 Å². The largest absolute Gasteiger partial charge is 0.394 e. The fourth-order valence-electron chi connectivity index (χ4n) is 10.1. The third kappa shape index (κ3) is 15.1. The minimum absolute atomic E-state index is 0.00426. The van der Waals surface area contributed by atoms with Crippen LogP contribution in [0, 0.1) is 0 Å². The lowest BCUT2D eigenvalue weighted by atomic mass is 9.95. The lowest BCUT2D eigenvalue weighted by Crippen LogP contribution is -2.67. The standard InChI is InChI=1S/C59H72O21/c60-26-40-50(69-29-35-16-6-1-7-17-35)44(63)46(65)56(75-40)74-34-43-53(72-32-38-22-12-4-13-23-38)55(79-58-47(66)45(64)51(41(27-61)77-58)70-30-36-18-8-2-9-19-36)49(68)59(78-43)80-54-48(67)57(73-33-39-24-14-5-15-25-39)76-42(28-62)52(54)71-31-37-20-10-3-11-21-37/h1-25,40-68H,26-34H2/t40?,41?,42?,43?,44-,45-,46?,47?,48?,49?,50+,51-,52-,53+,54-,55-,56-,57-,58+,59+/m1/s1. The molecule has 4 fully saturated rings. The van der Waals surface area contributed by atoms with Crippen LogP contribution >= 0.6 is 0 Å². The number of benzene rings is 5. The minimum Gasteiger partial charge on any atom is -0.394 e. The molecule has 0 bridgehead atoms. The first kappa shape index (κ1) is 59.9. The highest BCUT2D eigenvalue weighted by Crippen LogP contribution is 2.37. The summed E-state index contributed by atoms with van der Waals surface area (Å²) in [7, 11) is 0. The maximum atomic E-state index is 12.7. The molecular formula is C59H72O21. The van der Waals surface area contributed by atoms with Crippen molar-refractivity contribution < 1.29 is 103 Å². The number of aliphatic hydroxyl groups is 9. The molecule has 21 heteroatoms. The van der Waals surface area contributed by atoms with E-state index < -0.39 is 149 Å². The van der Waals surface area contributed by atoms with Crippen LogP contribution in [0.15, 0.2) is 152 Å². The Bertz CT molecular complexity index is 2520. The second-order valence-corrected chi connectivity index (χ2v) is 20.0. The molecule has 4 aliphatic heterocycles. The van der Waals surface area contributed by atoms with Gasteiger partial charge < -0.3 is 103 Å². The fraction of sp³-hybridized carbons (Fsp3) is 0.492. The predicted octanol–water partition coefficient (Wildman–Crippen LogP) is 1.37. The van der Waals surface area contributed by atoms with E-state index >= 15 is 0 Å². The molecule has 80 heavy (non-hydrogen) atoms. The average Bonchev–Trinajstić information content (AvgIpc) is 3.57. The van der Waals surface area contributed by atoms with Gasteiger partial charge in [0.05, 0.1) is 59.5 Å². The van der Waals surface area contributed by atoms with Crippen LogP contribution in [0.2, 0.25) is 0 Å². The lowest BCUT2D eigenvalue weighted by molar-refractivity contribution is -0.391. The van der Waals surface area contributed by atoms with Crippen LogP contribution in [0.4, 0.5) is 0 Å². The van der Waals surface area contributed by atoms with Crippen molar-refractivity contribution in [2.45, 2.75) is 156 Å². The molecule has 21 nitrogen and oxygen atoms in total. The van der Waals surface area contributed by atoms with Gasteiger partial charge in [-0.15, -0.1) is 0 Å². The van der Waals surface area contributed by atoms with Crippen molar-refractivity contribution in [2.24, 2.45) is 0 Å². The molecule has 4 heterocycles. The van der Waals surface area contributed by atoms with Crippen LogP contribution in [0.5, 0.6) is 0 Å². The second-order valence-electron chi connectivity index (χ2n) is 20.0. The molecule has 9 N–H and O–H groups in total. The van der Waals surface area contributed by atoms with Crippen molar-refractivity contribution in [1.82, 2.24) is 0 Å². The Morgan fingerprint density at radius 1 is 0.275 bits per heavy atom. The molecule has 5 aromatic carbocycles. The van der Waals surface area contributed by atoms with Crippen molar-refractivity contribution in [2.75, 3.05) is 26.4 Å². The van der Waals surface area contributed by atoms with Gasteiger partial charge in [0.25, 0.3) is 0 Å². The molecular weight excluding hydrogens is 1040 g/mol. The zero-order chi connectivity index (χ0) is 56.0. The molecule has 0 radical (unpaired) electrons. The number of hydrogen-bond donors (Lipinski definition) is 9. The van der Waals surface area contributed by atoms with Crippen LogP contribution in [-0.2, 0) is 89.9 Å². The van der Waals surface area contributed by atoms with Gasteiger partial charge in [0.1, 0.15) is 97.7 Å². The molecule has 4 aliphatic rings. The summed E-state index contributed by atoms with van der Waals surface area (Å²) >= 11 is 0. The summed E-state index contributed by atoms with van der Waals surface area (Å²) in [6.07, 6.45) is -30.6. The first-order valence-electron chi connectivity index (χ1n) is 26.8. The SMILES string of the molecule is OCC1O[C@@H](O[C@@H]2C(O)[C@H](O[C@@H]3C(O)[C@H](OCc4ccccc4)OC(CO)[C@H]3OCc3ccccc3)OC(CO[C@@H]3OC(CO)[C@H](OCc4ccccc4)[C@H](O)C3O)[C@@H]2OCc2ccccc2)C(O)[C@@H](O)[C@@H]1OCc1ccccc1. The van der Waals surface area contributed by atoms with Crippen LogP contribution in [0.1, 0.15) is 27.8 Å². The Morgan fingerprint density at radius 3 is 0.938 bits per heavy atom. The van der Waals surface area contributed by atoms with Gasteiger partial charge in [-0.25, -0.2) is 0 Å². The molecule has 0 aliphatic carbocycles. The van der Waals surface area contributed by atoms with Gasteiger partial charge in [0.2, 0.25) is 0 Å². The van der Waals surface area contributed by atoms with E-state index in [4.69, 9.17) is 56.8 Å². The monoisotopic (exact) mass is 1120 g/mol. The molecule has 8 unspecified atom stereocenters. The van der Waals surface area contributed by atoms with E-state index in [0.717, 1.165) is 22.3 Å². The van der Waals surface area contributed by atoms with Gasteiger partial charge in [0, 0.05) is 0 Å². The summed E-state index contributed by atoms with van der Waals surface area (Å²) in [5.41, 5.74) is 3.66. The van der Waals surface area contributed by atoms with Gasteiger partial charge in [-0.1, -0.05) is 152 Å². The Kier molecular flexibility index (Phi) is 22.1. The Balaban J connectivity index is 1.03. The third-order valence-corrected chi connectivity index (χ3v) is 14.5. The van der Waals surface area contributed by atoms with Crippen LogP contribution in [0.3, 0.4) is 0 Å². The zero-order valence-corrected chi connectivity index (χ0v) is 43.8. The third-order valence-electron chi connectivity index (χ3n) is 14.5. The molecule has 0 spiro atoms. The summed E-state index contributed by atoms with van der Waals surface area (Å²) in [4.78, 5) is 0. The first-order valence-corrected chi connectivity index (χ1v) is 26.8. The highest BCUT2D eigenvalue weighted by molar-refractivity contribution is 5.17. The quantitative estimate of drug-likeness (QED) is 0.0399. The van der Waals surface area contributed by atoms with Gasteiger partial charge in [-0.2, -0.15) is 0 Å². The topological polar surface area (TPSA) is 293 Å². The van der Waals surface area contributed by atoms with Crippen LogP contribution < -0.4 is 0 Å². The highest BCUT2D eigenvalue weighted by Gasteiger charge is 2.56. The van der Waals surface area contributed by atoms with Crippen molar-refractivity contribution >= 4 is 0 Å². The van der Waals surface area contributed by atoms with E-state index in [-0.39, 0.29) is 33.0 Å². The van der Waals surface area contributed by atoms with E-state index in [1.165, 1.54) is 0 Å². The fourth-order valence-corrected chi connectivity index (χ4v) is 10.1. The highest BCUT2D eigenvalue weighted by atomic mass is 16.8. The smallest absolute Gasteiger partial charge is 0.187 e. The number of rotatable bonds is 25. The van der Waals surface area contributed by atoms with Crippen molar-refractivity contribution in [1.29, 1.82) is 0 Å². The molecule has 434 valence electrons. The van der Waals surface area contributed by atoms with E-state index in [1.807, 2.05) is 103 Å². The number of ether oxygens (including phenoxy) is 12. The summed E-state index contributed by atoms with van der Waals surface area (Å²) in [5.74, 6) is 0. The average molecular weight is 1120 g/mol. The number of aliphatic hydroxyl groups excluding tert-OH is 9. The Morgan fingerprint density at radius 2 is 0.550 bits per heavy atom. The molecule has 0 saturated carbocycles. The van der Waals surface area contributed by atoms with Gasteiger partial charge >= 0.3 is 0 Å². The maximum absolute atomic E-state index is 12.7. The minimum atomic E-state index is -1.93. The van der Waals surface area contributed by atoms with Crippen molar-refractivity contribution in [3.63, 3.8) is 0 Å². The summed E-state index contributed by atoms with van der Waals surface area (Å²) in [5, 5.41) is 103. The van der Waals surface area contributed by atoms with E-state index in [0.29, 0.717) is 5.56 Å². The van der Waals surface area contributed by atoms with Crippen molar-refractivity contribution in [3.05, 3.63) is 179 Å². The van der Waals surface area contributed by atoms with Gasteiger partial charge in [-0.05, 0) is 27.8 Å². The second kappa shape index (κ2) is 29.5. The molecule has 20 atom stereocenters. The zero-order valence-electron chi connectivity index (χ0n) is 43.8. The molecule has 0 aromatic heterocycles. The predicted molar refractivity (Wildman–Crippen MR) is 279 cm³/mol. The summed E-state index contributed by atoms with van der Waals surface area (Å²) < 4.78 is 75.5. The lowest BCUT2D eigenvalue weighted by Gasteiger charge is -2.50. The molecule has 4 saturated heterocycles. The number of hydrogen-bond acceptors (Lipinski definition) is 21. The maximum Gasteiger partial charge on any atom is 0.187 e. The normalized spacial score (nSPS) is 34.7. The Hall–Kier alpha value is -4.74. The molecule has 0 amide bonds. The first-order chi connectivity index (χ1) is 39.0. The molecule has 5 aromatic rings. The van der Waals surface area contributed by atoms with Crippen molar-refractivity contribution in [3.8, 4) is 0 Å². The van der Waals surface area contributed by atoms with E-state index in [1.54, 1.807) is 48.5 Å². The summed E-state index contributed by atoms with van der Waals surface area (Å²) in [6, 6.07) is 45.3. The van der Waals surface area contributed by atoms with E-state index in [2.05, 4.69) is 0 Å². The summed E-state index contributed by atoms with van der Waals surface area (Å²) in [6.45, 7) is -2.71. The van der Waals surface area contributed by atoms with E-state index in [9.17, 15) is 46.0 Å². The van der Waals surface area contributed by atoms with Crippen LogP contribution in [-0.4, -0.2) is 195 Å². The Labute approximate surface area is 463 Å².